The summed E-state index contributed by atoms with van der Waals surface area (Å²) in [6, 6.07) is 54.0. The third-order valence-corrected chi connectivity index (χ3v) is 12.7. The van der Waals surface area contributed by atoms with E-state index in [-0.39, 0.29) is 0 Å². The Morgan fingerprint density at radius 2 is 0.822 bits per heavy atom. The van der Waals surface area contributed by atoms with Crippen molar-refractivity contribution in [1.82, 2.24) is 0 Å². The molecule has 3 heterocycles. The zero-order chi connectivity index (χ0) is 29.5. The van der Waals surface area contributed by atoms with Gasteiger partial charge in [0.25, 0.3) is 0 Å². The van der Waals surface area contributed by atoms with Crippen LogP contribution in [0.3, 0.4) is 0 Å². The average Bonchev–Trinajstić information content (AvgIpc) is 3.78. The van der Waals surface area contributed by atoms with E-state index >= 15 is 0 Å². The molecule has 0 fully saturated rings. The summed E-state index contributed by atoms with van der Waals surface area (Å²) in [6.07, 6.45) is 0. The fourth-order valence-corrected chi connectivity index (χ4v) is 10.4. The van der Waals surface area contributed by atoms with Crippen molar-refractivity contribution in [2.75, 3.05) is 0 Å². The molecule has 3 heteroatoms. The molecular weight excluding hydrogens is 601 g/mol. The fourth-order valence-electron chi connectivity index (χ4n) is 6.69. The molecule has 0 nitrogen and oxygen atoms in total. The molecule has 10 rings (SSSR count). The summed E-state index contributed by atoms with van der Waals surface area (Å²) < 4.78 is 6.90. The highest BCUT2D eigenvalue weighted by Gasteiger charge is 2.14. The lowest BCUT2D eigenvalue weighted by atomic mass is 9.99. The molecule has 0 saturated heterocycles. The van der Waals surface area contributed by atoms with Gasteiger partial charge < -0.3 is 0 Å². The van der Waals surface area contributed by atoms with E-state index in [1.807, 2.05) is 34.0 Å². The minimum atomic E-state index is 1.25. The second-order valence-electron chi connectivity index (χ2n) is 11.8. The van der Waals surface area contributed by atoms with Crippen LogP contribution >= 0.6 is 34.0 Å². The van der Waals surface area contributed by atoms with E-state index < -0.39 is 0 Å². The van der Waals surface area contributed by atoms with E-state index in [9.17, 15) is 0 Å². The standard InChI is InChI=1S/C42H24S3/c1-2-6-25(7-3-1)26-10-12-27(13-11-26)38-24-34-19-31(16-17-37(34)43-38)30-14-15-32-23-40-36(21-33(32)18-30)42-41(45-40)35-20-28-8-4-5-9-29(28)22-39(35)44-42/h1-24H. The van der Waals surface area contributed by atoms with E-state index in [1.165, 1.54) is 93.9 Å². The number of fused-ring (bicyclic) bond motifs is 8. The van der Waals surface area contributed by atoms with Crippen LogP contribution in [0.1, 0.15) is 0 Å². The molecule has 0 aliphatic carbocycles. The lowest BCUT2D eigenvalue weighted by molar-refractivity contribution is 1.62. The number of thiophene rings is 3. The van der Waals surface area contributed by atoms with Gasteiger partial charge >= 0.3 is 0 Å². The van der Waals surface area contributed by atoms with Gasteiger partial charge in [0.05, 0.1) is 9.40 Å². The third-order valence-electron chi connectivity index (χ3n) is 9.03. The zero-order valence-electron chi connectivity index (χ0n) is 24.1. The summed E-state index contributed by atoms with van der Waals surface area (Å²) in [4.78, 5) is 1.31. The molecule has 10 aromatic rings. The van der Waals surface area contributed by atoms with Gasteiger partial charge in [-0.3, -0.25) is 0 Å². The van der Waals surface area contributed by atoms with Crippen LogP contribution < -0.4 is 0 Å². The molecule has 0 atom stereocenters. The van der Waals surface area contributed by atoms with Crippen LogP contribution in [0.2, 0.25) is 0 Å². The number of hydrogen-bond acceptors (Lipinski definition) is 3. The predicted octanol–water partition coefficient (Wildman–Crippen LogP) is 13.8. The van der Waals surface area contributed by atoms with Gasteiger partial charge in [-0.2, -0.15) is 0 Å². The van der Waals surface area contributed by atoms with Crippen molar-refractivity contribution < 1.29 is 0 Å². The van der Waals surface area contributed by atoms with Gasteiger partial charge in [0.15, 0.2) is 0 Å². The van der Waals surface area contributed by atoms with Crippen LogP contribution in [-0.4, -0.2) is 0 Å². The first-order valence-electron chi connectivity index (χ1n) is 15.1. The molecule has 0 saturated carbocycles. The lowest BCUT2D eigenvalue weighted by Gasteiger charge is -2.05. The van der Waals surface area contributed by atoms with Gasteiger partial charge in [0.2, 0.25) is 0 Å². The summed E-state index contributed by atoms with van der Waals surface area (Å²) in [5.41, 5.74) is 6.29. The Hall–Kier alpha value is -4.80. The molecule has 0 N–H and O–H groups in total. The molecule has 45 heavy (non-hydrogen) atoms. The molecule has 210 valence electrons. The van der Waals surface area contributed by atoms with Crippen molar-refractivity contribution in [3.05, 3.63) is 146 Å². The predicted molar refractivity (Wildman–Crippen MR) is 201 cm³/mol. The van der Waals surface area contributed by atoms with Gasteiger partial charge in [0.1, 0.15) is 0 Å². The van der Waals surface area contributed by atoms with Crippen LogP contribution in [0.5, 0.6) is 0 Å². The number of benzene rings is 7. The van der Waals surface area contributed by atoms with E-state index in [2.05, 4.69) is 146 Å². The van der Waals surface area contributed by atoms with E-state index in [4.69, 9.17) is 0 Å². The summed E-state index contributed by atoms with van der Waals surface area (Å²) in [5, 5.41) is 9.28. The monoisotopic (exact) mass is 624 g/mol. The first-order valence-corrected chi connectivity index (χ1v) is 17.6. The van der Waals surface area contributed by atoms with Gasteiger partial charge in [-0.25, -0.2) is 0 Å². The first-order chi connectivity index (χ1) is 22.2. The SMILES string of the molecule is c1ccc(-c2ccc(-c3cc4cc(-c5ccc6cc7sc8c9cc%10ccccc%10cc9sc8c7cc6c5)ccc4s3)cc2)cc1. The van der Waals surface area contributed by atoms with Gasteiger partial charge in [-0.15, -0.1) is 34.0 Å². The Kier molecular flexibility index (Phi) is 5.59. The highest BCUT2D eigenvalue weighted by atomic mass is 32.1. The average molecular weight is 625 g/mol. The minimum absolute atomic E-state index is 1.25. The maximum Gasteiger partial charge on any atom is 0.0542 e. The smallest absolute Gasteiger partial charge is 0.0542 e. The van der Waals surface area contributed by atoms with Gasteiger partial charge in [-0.1, -0.05) is 97.1 Å². The van der Waals surface area contributed by atoms with Crippen LogP contribution in [0.25, 0.3) is 93.9 Å². The Bertz CT molecular complexity index is 2740. The summed E-state index contributed by atoms with van der Waals surface area (Å²) in [5.74, 6) is 0. The van der Waals surface area contributed by atoms with Crippen LogP contribution in [0.4, 0.5) is 0 Å². The molecule has 0 aliphatic rings. The zero-order valence-corrected chi connectivity index (χ0v) is 26.5. The Labute approximate surface area is 272 Å². The Morgan fingerprint density at radius 1 is 0.289 bits per heavy atom. The van der Waals surface area contributed by atoms with Crippen LogP contribution in [-0.2, 0) is 0 Å². The molecular formula is C42H24S3. The van der Waals surface area contributed by atoms with Crippen molar-refractivity contribution in [3.63, 3.8) is 0 Å². The Morgan fingerprint density at radius 3 is 1.56 bits per heavy atom. The van der Waals surface area contributed by atoms with Gasteiger partial charge in [-0.05, 0) is 103 Å². The van der Waals surface area contributed by atoms with E-state index in [0.717, 1.165) is 0 Å². The molecule has 0 unspecified atom stereocenters. The Balaban J connectivity index is 1.03. The van der Waals surface area contributed by atoms with Crippen LogP contribution in [0.15, 0.2) is 146 Å². The van der Waals surface area contributed by atoms with Crippen LogP contribution in [0, 0.1) is 0 Å². The summed E-state index contributed by atoms with van der Waals surface area (Å²) >= 11 is 5.74. The number of rotatable bonds is 3. The molecule has 3 aromatic heterocycles. The maximum atomic E-state index is 2.42. The highest BCUT2D eigenvalue weighted by Crippen LogP contribution is 2.46. The minimum Gasteiger partial charge on any atom is -0.135 e. The first kappa shape index (κ1) is 25.5. The second-order valence-corrected chi connectivity index (χ2v) is 15.0. The molecule has 0 amide bonds. The molecule has 0 bridgehead atoms. The normalized spacial score (nSPS) is 12.0. The fraction of sp³-hybridized carbons (Fsp3) is 0. The topological polar surface area (TPSA) is 0 Å². The second kappa shape index (κ2) is 9.85. The summed E-state index contributed by atoms with van der Waals surface area (Å²) in [7, 11) is 0. The van der Waals surface area contributed by atoms with Crippen molar-refractivity contribution in [2.24, 2.45) is 0 Å². The molecule has 0 spiro atoms. The number of hydrogen-bond donors (Lipinski definition) is 0. The third kappa shape index (κ3) is 4.16. The lowest BCUT2D eigenvalue weighted by Crippen LogP contribution is -1.79. The molecule has 7 aromatic carbocycles. The largest absolute Gasteiger partial charge is 0.135 e. The quantitative estimate of drug-likeness (QED) is 0.183. The van der Waals surface area contributed by atoms with E-state index in [1.54, 1.807) is 0 Å². The maximum absolute atomic E-state index is 2.42. The van der Waals surface area contributed by atoms with Gasteiger partial charge in [0, 0.05) is 29.7 Å². The summed E-state index contributed by atoms with van der Waals surface area (Å²) in [6.45, 7) is 0. The highest BCUT2D eigenvalue weighted by molar-refractivity contribution is 7.36. The van der Waals surface area contributed by atoms with Crippen molar-refractivity contribution in [1.29, 1.82) is 0 Å². The van der Waals surface area contributed by atoms with Crippen molar-refractivity contribution in [3.8, 4) is 32.7 Å². The molecule has 0 radical (unpaired) electrons. The van der Waals surface area contributed by atoms with Crippen molar-refractivity contribution >= 4 is 95.2 Å². The molecule has 0 aliphatic heterocycles. The van der Waals surface area contributed by atoms with Crippen molar-refractivity contribution in [2.45, 2.75) is 0 Å². The van der Waals surface area contributed by atoms with E-state index in [0.29, 0.717) is 0 Å².